The van der Waals surface area contributed by atoms with Crippen molar-refractivity contribution in [3.8, 4) is 0 Å². The lowest BCUT2D eigenvalue weighted by molar-refractivity contribution is 0.186. The highest BCUT2D eigenvalue weighted by Crippen LogP contribution is 2.12. The summed E-state index contributed by atoms with van der Waals surface area (Å²) in [7, 11) is 0. The number of rotatable bonds is 2. The molecular weight excluding hydrogens is 166 g/mol. The van der Waals surface area contributed by atoms with Crippen LogP contribution in [-0.4, -0.2) is 21.3 Å². The summed E-state index contributed by atoms with van der Waals surface area (Å²) in [6, 6.07) is 5.66. The summed E-state index contributed by atoms with van der Waals surface area (Å²) in [5.41, 5.74) is 7.14. The highest BCUT2D eigenvalue weighted by Gasteiger charge is 2.05. The van der Waals surface area contributed by atoms with E-state index in [0.29, 0.717) is 0 Å². The van der Waals surface area contributed by atoms with E-state index in [2.05, 4.69) is 5.10 Å². The Bertz CT molecular complexity index is 410. The highest BCUT2D eigenvalue weighted by atomic mass is 16.3. The average molecular weight is 177 g/mol. The molecule has 0 amide bonds. The maximum atomic E-state index is 9.46. The van der Waals surface area contributed by atoms with Gasteiger partial charge >= 0.3 is 0 Å². The summed E-state index contributed by atoms with van der Waals surface area (Å²) in [6.07, 6.45) is 2.90. The first-order valence-electron chi connectivity index (χ1n) is 4.12. The molecule has 4 heteroatoms. The number of aliphatic hydroxyl groups is 1. The highest BCUT2D eigenvalue weighted by molar-refractivity contribution is 5.46. The molecule has 2 heterocycles. The van der Waals surface area contributed by atoms with E-state index in [4.69, 9.17) is 5.73 Å². The third-order valence-corrected chi connectivity index (χ3v) is 2.03. The molecule has 1 unspecified atom stereocenters. The first-order valence-corrected chi connectivity index (χ1v) is 4.12. The lowest BCUT2D eigenvalue weighted by Gasteiger charge is -2.07. The molecule has 0 aromatic carbocycles. The third-order valence-electron chi connectivity index (χ3n) is 2.03. The summed E-state index contributed by atoms with van der Waals surface area (Å²) in [4.78, 5) is 0. The van der Waals surface area contributed by atoms with Crippen LogP contribution in [-0.2, 0) is 0 Å². The molecule has 0 fully saturated rings. The maximum Gasteiger partial charge on any atom is 0.0927 e. The van der Waals surface area contributed by atoms with Crippen molar-refractivity contribution in [3.05, 3.63) is 36.2 Å². The van der Waals surface area contributed by atoms with Crippen molar-refractivity contribution in [1.29, 1.82) is 0 Å². The second kappa shape index (κ2) is 3.16. The Kier molecular flexibility index (Phi) is 2.00. The summed E-state index contributed by atoms with van der Waals surface area (Å²) in [6.45, 7) is 0.229. The van der Waals surface area contributed by atoms with E-state index < -0.39 is 6.10 Å². The zero-order valence-electron chi connectivity index (χ0n) is 7.09. The van der Waals surface area contributed by atoms with Gasteiger partial charge in [0.1, 0.15) is 0 Å². The first-order chi connectivity index (χ1) is 6.31. The summed E-state index contributed by atoms with van der Waals surface area (Å²) < 4.78 is 1.72. The largest absolute Gasteiger partial charge is 0.387 e. The van der Waals surface area contributed by atoms with Crippen molar-refractivity contribution in [3.63, 3.8) is 0 Å². The Labute approximate surface area is 75.6 Å². The number of hydrogen-bond acceptors (Lipinski definition) is 3. The Morgan fingerprint density at radius 3 is 3.08 bits per heavy atom. The quantitative estimate of drug-likeness (QED) is 0.694. The van der Waals surface area contributed by atoms with Gasteiger partial charge in [0.25, 0.3) is 0 Å². The Hall–Kier alpha value is -1.39. The molecule has 0 saturated carbocycles. The van der Waals surface area contributed by atoms with Gasteiger partial charge in [-0.3, -0.25) is 0 Å². The molecule has 13 heavy (non-hydrogen) atoms. The fourth-order valence-corrected chi connectivity index (χ4v) is 1.26. The molecule has 0 saturated heterocycles. The fraction of sp³-hybridized carbons (Fsp3) is 0.222. The number of hydrogen-bond donors (Lipinski definition) is 2. The molecule has 0 bridgehead atoms. The van der Waals surface area contributed by atoms with Crippen molar-refractivity contribution in [2.24, 2.45) is 5.73 Å². The smallest absolute Gasteiger partial charge is 0.0927 e. The first kappa shape index (κ1) is 8.22. The third kappa shape index (κ3) is 1.41. The SMILES string of the molecule is NCC(O)c1ccc2ccnn2c1. The number of aromatic nitrogens is 2. The number of fused-ring (bicyclic) bond motifs is 1. The lowest BCUT2D eigenvalue weighted by atomic mass is 10.1. The predicted octanol–water partition coefficient (Wildman–Crippen LogP) is 0.326. The van der Waals surface area contributed by atoms with Crippen molar-refractivity contribution in [2.45, 2.75) is 6.10 Å². The van der Waals surface area contributed by atoms with Crippen molar-refractivity contribution >= 4 is 5.52 Å². The van der Waals surface area contributed by atoms with E-state index in [1.165, 1.54) is 0 Å². The van der Waals surface area contributed by atoms with Crippen LogP contribution < -0.4 is 5.73 Å². The van der Waals surface area contributed by atoms with Gasteiger partial charge in [0.05, 0.1) is 11.6 Å². The zero-order valence-corrected chi connectivity index (χ0v) is 7.09. The van der Waals surface area contributed by atoms with Gasteiger partial charge in [0.2, 0.25) is 0 Å². The molecule has 0 aliphatic carbocycles. The number of aliphatic hydroxyl groups excluding tert-OH is 1. The number of nitrogens with zero attached hydrogens (tertiary/aromatic N) is 2. The van der Waals surface area contributed by atoms with Gasteiger partial charge in [-0.15, -0.1) is 0 Å². The van der Waals surface area contributed by atoms with E-state index in [1.54, 1.807) is 16.9 Å². The van der Waals surface area contributed by atoms with E-state index in [0.717, 1.165) is 11.1 Å². The van der Waals surface area contributed by atoms with E-state index in [9.17, 15) is 5.11 Å². The van der Waals surface area contributed by atoms with Gasteiger partial charge in [-0.05, 0) is 12.1 Å². The van der Waals surface area contributed by atoms with Crippen LogP contribution in [0.3, 0.4) is 0 Å². The van der Waals surface area contributed by atoms with Gasteiger partial charge in [-0.1, -0.05) is 6.07 Å². The molecule has 0 spiro atoms. The maximum absolute atomic E-state index is 9.46. The summed E-state index contributed by atoms with van der Waals surface area (Å²) in [5.74, 6) is 0. The van der Waals surface area contributed by atoms with Crippen LogP contribution in [0.5, 0.6) is 0 Å². The lowest BCUT2D eigenvalue weighted by Crippen LogP contribution is -2.12. The molecular formula is C9H11N3O. The second-order valence-corrected chi connectivity index (χ2v) is 2.91. The van der Waals surface area contributed by atoms with E-state index >= 15 is 0 Å². The predicted molar refractivity (Wildman–Crippen MR) is 49.2 cm³/mol. The minimum Gasteiger partial charge on any atom is -0.387 e. The van der Waals surface area contributed by atoms with Gasteiger partial charge in [-0.2, -0.15) is 5.10 Å². The fourth-order valence-electron chi connectivity index (χ4n) is 1.26. The second-order valence-electron chi connectivity index (χ2n) is 2.91. The van der Waals surface area contributed by atoms with Crippen molar-refractivity contribution in [2.75, 3.05) is 6.54 Å². The van der Waals surface area contributed by atoms with Crippen LogP contribution in [0, 0.1) is 0 Å². The van der Waals surface area contributed by atoms with Crippen LogP contribution >= 0.6 is 0 Å². The van der Waals surface area contributed by atoms with Crippen LogP contribution in [0.25, 0.3) is 5.52 Å². The zero-order chi connectivity index (χ0) is 9.26. The Balaban J connectivity index is 2.48. The van der Waals surface area contributed by atoms with Crippen LogP contribution in [0.1, 0.15) is 11.7 Å². The summed E-state index contributed by atoms with van der Waals surface area (Å²) in [5, 5.41) is 13.5. The van der Waals surface area contributed by atoms with E-state index in [-0.39, 0.29) is 6.54 Å². The Morgan fingerprint density at radius 2 is 2.31 bits per heavy atom. The molecule has 0 aliphatic heterocycles. The Morgan fingerprint density at radius 1 is 1.46 bits per heavy atom. The van der Waals surface area contributed by atoms with Gasteiger partial charge in [0, 0.05) is 24.5 Å². The van der Waals surface area contributed by atoms with E-state index in [1.807, 2.05) is 18.2 Å². The molecule has 3 N–H and O–H groups in total. The molecule has 2 aromatic heterocycles. The topological polar surface area (TPSA) is 63.5 Å². The molecule has 1 atom stereocenters. The van der Waals surface area contributed by atoms with Crippen molar-refractivity contribution in [1.82, 2.24) is 9.61 Å². The standard InChI is InChI=1S/C9H11N3O/c10-5-9(13)7-1-2-8-3-4-11-12(8)6-7/h1-4,6,9,13H,5,10H2. The van der Waals surface area contributed by atoms with Crippen LogP contribution in [0.15, 0.2) is 30.6 Å². The molecule has 0 radical (unpaired) electrons. The molecule has 68 valence electrons. The number of nitrogens with two attached hydrogens (primary N) is 1. The monoisotopic (exact) mass is 177 g/mol. The molecule has 4 nitrogen and oxygen atoms in total. The number of pyridine rings is 1. The molecule has 2 rings (SSSR count). The normalized spacial score (nSPS) is 13.4. The van der Waals surface area contributed by atoms with Crippen LogP contribution in [0.2, 0.25) is 0 Å². The van der Waals surface area contributed by atoms with Gasteiger partial charge in [-0.25, -0.2) is 4.52 Å². The van der Waals surface area contributed by atoms with Crippen molar-refractivity contribution < 1.29 is 5.11 Å². The van der Waals surface area contributed by atoms with Gasteiger partial charge in [0.15, 0.2) is 0 Å². The van der Waals surface area contributed by atoms with Crippen LogP contribution in [0.4, 0.5) is 0 Å². The molecule has 0 aliphatic rings. The van der Waals surface area contributed by atoms with Gasteiger partial charge < -0.3 is 10.8 Å². The molecule has 2 aromatic rings. The minimum atomic E-state index is -0.603. The minimum absolute atomic E-state index is 0.229. The summed E-state index contributed by atoms with van der Waals surface area (Å²) >= 11 is 0. The average Bonchev–Trinajstić information content (AvgIpc) is 2.63.